The number of benzene rings is 1. The molecular formula is C15H13NO4. The van der Waals surface area contributed by atoms with Gasteiger partial charge in [-0.3, -0.25) is 9.78 Å². The van der Waals surface area contributed by atoms with Crippen LogP contribution in [0, 0.1) is 6.92 Å². The van der Waals surface area contributed by atoms with Crippen LogP contribution in [0.5, 0.6) is 17.2 Å². The molecule has 0 saturated heterocycles. The Kier molecular flexibility index (Phi) is 2.64. The van der Waals surface area contributed by atoms with E-state index in [1.54, 1.807) is 12.3 Å². The zero-order valence-electron chi connectivity index (χ0n) is 11.4. The van der Waals surface area contributed by atoms with Crippen molar-refractivity contribution in [2.75, 3.05) is 14.2 Å². The summed E-state index contributed by atoms with van der Waals surface area (Å²) in [5.41, 5.74) is 2.79. The highest BCUT2D eigenvalue weighted by atomic mass is 16.5. The number of phenolic OH excluding ortho intramolecular Hbond substituents is 1. The highest BCUT2D eigenvalue weighted by Gasteiger charge is 2.34. The summed E-state index contributed by atoms with van der Waals surface area (Å²) in [6.45, 7) is 1.81. The lowest BCUT2D eigenvalue weighted by molar-refractivity contribution is 0.104. The van der Waals surface area contributed by atoms with Crippen molar-refractivity contribution in [1.82, 2.24) is 4.98 Å². The summed E-state index contributed by atoms with van der Waals surface area (Å²) in [4.78, 5) is 16.8. The van der Waals surface area contributed by atoms with E-state index in [1.807, 2.05) is 6.92 Å². The van der Waals surface area contributed by atoms with E-state index in [1.165, 1.54) is 20.3 Å². The van der Waals surface area contributed by atoms with Crippen LogP contribution in [0.4, 0.5) is 0 Å². The van der Waals surface area contributed by atoms with Crippen molar-refractivity contribution in [3.05, 3.63) is 35.0 Å². The molecule has 2 aromatic rings. The molecule has 0 spiro atoms. The van der Waals surface area contributed by atoms with Crippen LogP contribution in [0.3, 0.4) is 0 Å². The standard InChI is InChI=1S/C15H13NO4/c1-7-10(19-2)6-16-13-11(7)14(18)8-4-5-9(17)15(20-3)12(8)13/h4-6,17H,1-3H3. The fourth-order valence-electron chi connectivity index (χ4n) is 2.60. The van der Waals surface area contributed by atoms with Crippen molar-refractivity contribution in [2.45, 2.75) is 6.92 Å². The van der Waals surface area contributed by atoms with Gasteiger partial charge in [-0.1, -0.05) is 0 Å². The van der Waals surface area contributed by atoms with Crippen LogP contribution in [-0.2, 0) is 0 Å². The normalized spacial score (nSPS) is 12.1. The highest BCUT2D eigenvalue weighted by Crippen LogP contribution is 2.47. The summed E-state index contributed by atoms with van der Waals surface area (Å²) in [5.74, 6) is 0.694. The van der Waals surface area contributed by atoms with E-state index < -0.39 is 0 Å². The Morgan fingerprint density at radius 1 is 1.15 bits per heavy atom. The van der Waals surface area contributed by atoms with Crippen LogP contribution < -0.4 is 9.47 Å². The number of nitrogens with zero attached hydrogens (tertiary/aromatic N) is 1. The van der Waals surface area contributed by atoms with Crippen molar-refractivity contribution in [3.8, 4) is 28.5 Å². The summed E-state index contributed by atoms with van der Waals surface area (Å²) in [6, 6.07) is 3.04. The molecule has 1 aliphatic rings. The lowest BCUT2D eigenvalue weighted by Crippen LogP contribution is -2.01. The number of hydrogen-bond acceptors (Lipinski definition) is 5. The minimum atomic E-state index is -0.128. The summed E-state index contributed by atoms with van der Waals surface area (Å²) in [7, 11) is 2.99. The van der Waals surface area contributed by atoms with Crippen LogP contribution in [0.2, 0.25) is 0 Å². The topological polar surface area (TPSA) is 68.7 Å². The number of fused-ring (bicyclic) bond motifs is 3. The lowest BCUT2D eigenvalue weighted by atomic mass is 10.1. The minimum absolute atomic E-state index is 0.0119. The molecule has 0 unspecified atom stereocenters. The van der Waals surface area contributed by atoms with Crippen molar-refractivity contribution in [1.29, 1.82) is 0 Å². The third-order valence-corrected chi connectivity index (χ3v) is 3.56. The van der Waals surface area contributed by atoms with E-state index in [0.29, 0.717) is 28.1 Å². The van der Waals surface area contributed by atoms with Crippen LogP contribution in [0.25, 0.3) is 11.3 Å². The van der Waals surface area contributed by atoms with E-state index in [0.717, 1.165) is 5.56 Å². The van der Waals surface area contributed by atoms with Crippen molar-refractivity contribution in [3.63, 3.8) is 0 Å². The highest BCUT2D eigenvalue weighted by molar-refractivity contribution is 6.23. The van der Waals surface area contributed by atoms with Crippen molar-refractivity contribution >= 4 is 5.78 Å². The molecule has 1 heterocycles. The first-order valence-corrected chi connectivity index (χ1v) is 6.08. The second-order valence-electron chi connectivity index (χ2n) is 4.54. The fourth-order valence-corrected chi connectivity index (χ4v) is 2.60. The van der Waals surface area contributed by atoms with Crippen LogP contribution in [0.1, 0.15) is 21.5 Å². The predicted octanol–water partition coefficient (Wildman–Crippen LogP) is 2.32. The maximum absolute atomic E-state index is 12.5. The Morgan fingerprint density at radius 3 is 2.55 bits per heavy atom. The summed E-state index contributed by atoms with van der Waals surface area (Å²) >= 11 is 0. The zero-order valence-corrected chi connectivity index (χ0v) is 11.4. The number of phenols is 1. The molecule has 0 saturated carbocycles. The number of aromatic nitrogens is 1. The van der Waals surface area contributed by atoms with E-state index in [2.05, 4.69) is 4.98 Å². The molecule has 0 aliphatic heterocycles. The second-order valence-corrected chi connectivity index (χ2v) is 4.54. The largest absolute Gasteiger partial charge is 0.504 e. The Balaban J connectivity index is 2.38. The number of hydrogen-bond donors (Lipinski definition) is 1. The van der Waals surface area contributed by atoms with Gasteiger partial charge in [-0.05, 0) is 19.1 Å². The average molecular weight is 271 g/mol. The molecule has 102 valence electrons. The first-order chi connectivity index (χ1) is 9.60. The Bertz CT molecular complexity index is 737. The van der Waals surface area contributed by atoms with Gasteiger partial charge in [0, 0.05) is 11.1 Å². The first-order valence-electron chi connectivity index (χ1n) is 6.08. The van der Waals surface area contributed by atoms with Crippen molar-refractivity contribution in [2.24, 2.45) is 0 Å². The molecule has 0 amide bonds. The molecule has 1 N–H and O–H groups in total. The molecule has 0 radical (unpaired) electrons. The molecule has 1 aromatic heterocycles. The quantitative estimate of drug-likeness (QED) is 0.774. The second kappa shape index (κ2) is 4.23. The van der Waals surface area contributed by atoms with E-state index in [-0.39, 0.29) is 17.3 Å². The van der Waals surface area contributed by atoms with Gasteiger partial charge in [-0.25, -0.2) is 0 Å². The van der Waals surface area contributed by atoms with Gasteiger partial charge >= 0.3 is 0 Å². The molecule has 1 aliphatic carbocycles. The first kappa shape index (κ1) is 12.5. The Labute approximate surface area is 115 Å². The monoisotopic (exact) mass is 271 g/mol. The van der Waals surface area contributed by atoms with Gasteiger partial charge in [0.25, 0.3) is 0 Å². The van der Waals surface area contributed by atoms with Gasteiger partial charge in [0.1, 0.15) is 5.75 Å². The number of carbonyl (C=O) groups excluding carboxylic acids is 1. The molecule has 1 aromatic carbocycles. The number of pyridine rings is 1. The van der Waals surface area contributed by atoms with Gasteiger partial charge in [0.2, 0.25) is 0 Å². The number of methoxy groups -OCH3 is 2. The smallest absolute Gasteiger partial charge is 0.196 e. The van der Waals surface area contributed by atoms with Crippen LogP contribution in [0.15, 0.2) is 18.3 Å². The number of rotatable bonds is 2. The molecule has 5 nitrogen and oxygen atoms in total. The zero-order chi connectivity index (χ0) is 14.4. The Hall–Kier alpha value is -2.56. The minimum Gasteiger partial charge on any atom is -0.504 e. The Morgan fingerprint density at radius 2 is 1.90 bits per heavy atom. The molecule has 5 heteroatoms. The van der Waals surface area contributed by atoms with Crippen LogP contribution in [-0.4, -0.2) is 30.1 Å². The molecule has 0 fully saturated rings. The lowest BCUT2D eigenvalue weighted by Gasteiger charge is -2.10. The fraction of sp³-hybridized carbons (Fsp3) is 0.200. The third kappa shape index (κ3) is 1.43. The average Bonchev–Trinajstić information content (AvgIpc) is 2.73. The number of ketones is 1. The summed E-state index contributed by atoms with van der Waals surface area (Å²) < 4.78 is 10.4. The third-order valence-electron chi connectivity index (χ3n) is 3.56. The van der Waals surface area contributed by atoms with Gasteiger partial charge < -0.3 is 14.6 Å². The maximum atomic E-state index is 12.5. The summed E-state index contributed by atoms with van der Waals surface area (Å²) in [6.07, 6.45) is 1.57. The van der Waals surface area contributed by atoms with Gasteiger partial charge in [-0.2, -0.15) is 0 Å². The molecule has 3 rings (SSSR count). The predicted molar refractivity (Wildman–Crippen MR) is 72.6 cm³/mol. The molecular weight excluding hydrogens is 258 g/mol. The SMILES string of the molecule is COc1cnc2c(c1C)C(=O)c1ccc(O)c(OC)c1-2. The summed E-state index contributed by atoms with van der Waals surface area (Å²) in [5, 5.41) is 9.87. The van der Waals surface area contributed by atoms with Gasteiger partial charge in [0.15, 0.2) is 17.3 Å². The number of carbonyl (C=O) groups is 1. The maximum Gasteiger partial charge on any atom is 0.196 e. The van der Waals surface area contributed by atoms with E-state index >= 15 is 0 Å². The number of ether oxygens (including phenoxy) is 2. The number of aromatic hydroxyl groups is 1. The molecule has 0 bridgehead atoms. The van der Waals surface area contributed by atoms with Crippen LogP contribution >= 0.6 is 0 Å². The van der Waals surface area contributed by atoms with E-state index in [9.17, 15) is 9.90 Å². The molecule has 0 atom stereocenters. The van der Waals surface area contributed by atoms with Crippen molar-refractivity contribution < 1.29 is 19.4 Å². The van der Waals surface area contributed by atoms with Gasteiger partial charge in [-0.15, -0.1) is 0 Å². The van der Waals surface area contributed by atoms with Gasteiger partial charge in [0.05, 0.1) is 37.2 Å². The molecule has 20 heavy (non-hydrogen) atoms. The van der Waals surface area contributed by atoms with E-state index in [4.69, 9.17) is 9.47 Å².